The summed E-state index contributed by atoms with van der Waals surface area (Å²) in [6.45, 7) is -2.30. The maximum absolute atomic E-state index is 13.0. The highest BCUT2D eigenvalue weighted by Crippen LogP contribution is 2.44. The van der Waals surface area contributed by atoms with E-state index in [-0.39, 0.29) is 56.8 Å². The number of ether oxygens (including phenoxy) is 9. The van der Waals surface area contributed by atoms with E-state index in [9.17, 15) is 76.0 Å². The summed E-state index contributed by atoms with van der Waals surface area (Å²) in [4.78, 5) is 25.7. The molecule has 0 radical (unpaired) electrons. The first-order valence-corrected chi connectivity index (χ1v) is 23.6. The number of carbonyl (C=O) groups excluding carboxylic acids is 2. The molecule has 15 atom stereocenters. The van der Waals surface area contributed by atoms with Crippen LogP contribution in [0.15, 0.2) is 101 Å². The van der Waals surface area contributed by atoms with Gasteiger partial charge in [-0.05, 0) is 59.7 Å². The number of carbonyl (C=O) groups is 2. The van der Waals surface area contributed by atoms with Crippen molar-refractivity contribution in [1.29, 1.82) is 0 Å². The smallest absolute Gasteiger partial charge is 0.402 e. The molecule has 3 fully saturated rings. The third kappa shape index (κ3) is 13.0. The maximum atomic E-state index is 13.0. The van der Waals surface area contributed by atoms with E-state index in [4.69, 9.17) is 47.0 Å². The fraction of sp³-hybridized carbons (Fsp3) is 0.365. The number of rotatable bonds is 17. The van der Waals surface area contributed by atoms with Gasteiger partial charge in [0, 0.05) is 30.4 Å². The first-order chi connectivity index (χ1) is 36.8. The van der Waals surface area contributed by atoms with Crippen LogP contribution in [0, 0.1) is 0 Å². The predicted octanol–water partition coefficient (Wildman–Crippen LogP) is -0.0779. The summed E-state index contributed by atoms with van der Waals surface area (Å²) in [5.74, 6) is -3.67. The molecule has 0 amide bonds. The molecule has 8 rings (SSSR count). The highest BCUT2D eigenvalue weighted by Gasteiger charge is 2.53. The van der Waals surface area contributed by atoms with Gasteiger partial charge in [-0.25, -0.2) is 14.0 Å². The van der Waals surface area contributed by atoms with E-state index in [1.165, 1.54) is 92.1 Å². The highest BCUT2D eigenvalue weighted by molar-refractivity contribution is 5.89. The Labute approximate surface area is 435 Å². The Hall–Kier alpha value is -7.21. The Kier molecular flexibility index (Phi) is 17.8. The molecule has 4 heterocycles. The quantitative estimate of drug-likeness (QED) is 0.0329. The van der Waals surface area contributed by atoms with Crippen LogP contribution in [0.5, 0.6) is 40.2 Å². The number of esters is 2. The molecule has 0 saturated carbocycles. The van der Waals surface area contributed by atoms with Crippen molar-refractivity contribution >= 4 is 35.1 Å². The second-order valence-corrected chi connectivity index (χ2v) is 17.9. The molecule has 0 spiro atoms. The predicted molar refractivity (Wildman–Crippen MR) is 259 cm³/mol. The van der Waals surface area contributed by atoms with E-state index >= 15 is 0 Å². The van der Waals surface area contributed by atoms with Crippen LogP contribution in [-0.2, 0) is 38.0 Å². The number of phenolic OH excluding ortho intramolecular Hbond substituents is 4. The van der Waals surface area contributed by atoms with Crippen molar-refractivity contribution in [2.24, 2.45) is 0 Å². The molecular weight excluding hydrogens is 1020 g/mol. The Morgan fingerprint density at radius 3 is 1.64 bits per heavy atom. The number of hydrogen-bond donors (Lipinski definition) is 13. The second kappa shape index (κ2) is 24.4. The minimum atomic E-state index is -2.12. The highest BCUT2D eigenvalue weighted by atomic mass is 16.8. The third-order valence-corrected chi connectivity index (χ3v) is 12.6. The van der Waals surface area contributed by atoms with Gasteiger partial charge in [-0.3, -0.25) is 0 Å². The Bertz CT molecular complexity index is 2890. The standard InChI is InChI=1S/C52H54O25/c1-68-33-16-25(8-13-30(33)57)48-34(19-29-31(71-48)17-28(56)18-32(29)72-50-46(66)43(63)40(60)35(20-53)74-50)73-52-49(45(65)42(62)37(76-52)22-70-39(59)15-7-24-4-11-27(55)12-5-24)77-51-47(67)44(64)41(61)36(75-51)21-69-38(58)14-6-23-2-9-26(54)10-3-23/h2-19,35-37,40-47,49-53,60-67H,20-22H2,1H3,(H3-,54,55,56,57,58,59)/p+1/t35-,36-,37-,40-,41-,42-,43+,44+,45+,46-,47-,49-,50-,51+,52+/m1/s1. The molecule has 25 heteroatoms. The van der Waals surface area contributed by atoms with E-state index in [1.807, 2.05) is 0 Å². The van der Waals surface area contributed by atoms with Crippen LogP contribution in [0.25, 0.3) is 34.4 Å². The number of hydrogen-bond acceptors (Lipinski definition) is 24. The van der Waals surface area contributed by atoms with Crippen molar-refractivity contribution in [2.75, 3.05) is 26.9 Å². The van der Waals surface area contributed by atoms with Gasteiger partial charge in [0.15, 0.2) is 23.9 Å². The summed E-state index contributed by atoms with van der Waals surface area (Å²) in [7, 11) is 1.26. The van der Waals surface area contributed by atoms with Crippen LogP contribution < -0.4 is 14.2 Å². The maximum Gasteiger partial charge on any atom is 0.402 e. The van der Waals surface area contributed by atoms with Crippen molar-refractivity contribution < 1.29 is 123 Å². The van der Waals surface area contributed by atoms with E-state index in [0.29, 0.717) is 11.1 Å². The molecule has 0 bridgehead atoms. The summed E-state index contributed by atoms with van der Waals surface area (Å²) in [6.07, 6.45) is -23.4. The van der Waals surface area contributed by atoms with Gasteiger partial charge in [0.1, 0.15) is 109 Å². The van der Waals surface area contributed by atoms with Crippen LogP contribution in [0.4, 0.5) is 0 Å². The zero-order chi connectivity index (χ0) is 55.2. The number of aliphatic hydroxyl groups excluding tert-OH is 9. The Balaban J connectivity index is 1.14. The van der Waals surface area contributed by atoms with Gasteiger partial charge in [-0.1, -0.05) is 24.3 Å². The van der Waals surface area contributed by atoms with E-state index < -0.39 is 130 Å². The second-order valence-electron chi connectivity index (χ2n) is 17.9. The van der Waals surface area contributed by atoms with Gasteiger partial charge in [0.05, 0.1) is 25.3 Å². The molecule has 3 aliphatic rings. The summed E-state index contributed by atoms with van der Waals surface area (Å²) >= 11 is 0. The van der Waals surface area contributed by atoms with Gasteiger partial charge >= 0.3 is 23.3 Å². The summed E-state index contributed by atoms with van der Waals surface area (Å²) < 4.78 is 58.3. The summed E-state index contributed by atoms with van der Waals surface area (Å²) in [5.41, 5.74) is 0.967. The molecule has 77 heavy (non-hydrogen) atoms. The normalized spacial score (nSPS) is 29.6. The van der Waals surface area contributed by atoms with Crippen molar-refractivity contribution in [1.82, 2.24) is 0 Å². The van der Waals surface area contributed by atoms with Gasteiger partial charge in [0.2, 0.25) is 18.3 Å². The fourth-order valence-electron chi connectivity index (χ4n) is 8.32. The van der Waals surface area contributed by atoms with Crippen LogP contribution >= 0.6 is 0 Å². The molecule has 3 saturated heterocycles. The molecule has 13 N–H and O–H groups in total. The van der Waals surface area contributed by atoms with Crippen molar-refractivity contribution in [3.63, 3.8) is 0 Å². The van der Waals surface area contributed by atoms with Crippen molar-refractivity contribution in [2.45, 2.75) is 92.1 Å². The number of methoxy groups -OCH3 is 1. The first kappa shape index (κ1) is 56.0. The lowest BCUT2D eigenvalue weighted by atomic mass is 9.97. The monoisotopic (exact) mass is 1080 g/mol. The molecule has 25 nitrogen and oxygen atoms in total. The van der Waals surface area contributed by atoms with Crippen LogP contribution in [0.1, 0.15) is 11.1 Å². The van der Waals surface area contributed by atoms with E-state index in [1.54, 1.807) is 0 Å². The van der Waals surface area contributed by atoms with Crippen LogP contribution in [0.3, 0.4) is 0 Å². The molecule has 5 aromatic rings. The van der Waals surface area contributed by atoms with Gasteiger partial charge in [-0.15, -0.1) is 0 Å². The topological polar surface area (TPSA) is 392 Å². The van der Waals surface area contributed by atoms with Crippen LogP contribution in [0.2, 0.25) is 0 Å². The SMILES string of the molecule is COc1cc(-c2[o+]c3cc(O)cc(O[C@@H]4O[C@H](CO)[C@@H](O)[C@H](O)[C@H]4O)c3cc2O[C@H]2O[C@H](COC(=O)C=Cc3ccc(O)cc3)[C@@H](O)[C@H](O)[C@H]2O[C@@H]2O[C@H](COC(=O)C=Cc3ccc(O)cc3)[C@@H](O)[C@H](O)[C@H]2O)ccc1O. The number of aromatic hydroxyl groups is 4. The molecule has 412 valence electrons. The minimum Gasteiger partial charge on any atom is -0.508 e. The molecule has 4 aromatic carbocycles. The fourth-order valence-corrected chi connectivity index (χ4v) is 8.32. The number of benzene rings is 4. The molecule has 0 unspecified atom stereocenters. The lowest BCUT2D eigenvalue weighted by Gasteiger charge is -2.45. The zero-order valence-electron chi connectivity index (χ0n) is 40.4. The lowest BCUT2D eigenvalue weighted by Crippen LogP contribution is -2.65. The number of fused-ring (bicyclic) bond motifs is 1. The van der Waals surface area contributed by atoms with Gasteiger partial charge in [0.25, 0.3) is 0 Å². The minimum absolute atomic E-state index is 0.00894. The van der Waals surface area contributed by atoms with Crippen LogP contribution in [-0.4, -0.2) is 197 Å². The molecule has 3 aliphatic heterocycles. The summed E-state index contributed by atoms with van der Waals surface area (Å²) in [5, 5.41) is 139. The zero-order valence-corrected chi connectivity index (χ0v) is 40.4. The van der Waals surface area contributed by atoms with Gasteiger partial charge < -0.3 is 109 Å². The number of phenols is 4. The first-order valence-electron chi connectivity index (χ1n) is 23.6. The van der Waals surface area contributed by atoms with Gasteiger partial charge in [-0.2, -0.15) is 0 Å². The largest absolute Gasteiger partial charge is 0.508 e. The Morgan fingerprint density at radius 1 is 0.545 bits per heavy atom. The van der Waals surface area contributed by atoms with E-state index in [2.05, 4.69) is 0 Å². The number of aliphatic hydroxyl groups is 9. The molecule has 1 aromatic heterocycles. The molecule has 0 aliphatic carbocycles. The summed E-state index contributed by atoms with van der Waals surface area (Å²) in [6, 6.07) is 19.0. The lowest BCUT2D eigenvalue weighted by molar-refractivity contribution is -0.358. The average Bonchev–Trinajstić information content (AvgIpc) is 3.43. The third-order valence-electron chi connectivity index (χ3n) is 12.6. The Morgan fingerprint density at radius 2 is 1.06 bits per heavy atom. The van der Waals surface area contributed by atoms with E-state index in [0.717, 1.165) is 24.3 Å². The van der Waals surface area contributed by atoms with Crippen molar-refractivity contribution in [3.8, 4) is 51.6 Å². The average molecular weight is 1080 g/mol. The van der Waals surface area contributed by atoms with Crippen molar-refractivity contribution in [3.05, 3.63) is 108 Å². The molecular formula is C52H55O25+.